The average Bonchev–Trinajstić information content (AvgIpc) is 3.13. The van der Waals surface area contributed by atoms with Crippen LogP contribution in [-0.2, 0) is 25.3 Å². The maximum absolute atomic E-state index is 13.6. The first-order valence-corrected chi connectivity index (χ1v) is 12.2. The summed E-state index contributed by atoms with van der Waals surface area (Å²) in [5.41, 5.74) is 11.3. The van der Waals surface area contributed by atoms with Crippen LogP contribution < -0.4 is 9.64 Å². The SMILES string of the molecule is Cc1cc2c(cc1OCc1cc(CCl)c(C)c(C)c1C)CC[C@@H]1Cc3ccccc3N1C2=O. The summed E-state index contributed by atoms with van der Waals surface area (Å²) in [6.45, 7) is 8.94. The molecule has 33 heavy (non-hydrogen) atoms. The Balaban J connectivity index is 1.44. The minimum absolute atomic E-state index is 0.115. The highest BCUT2D eigenvalue weighted by atomic mass is 35.5. The van der Waals surface area contributed by atoms with E-state index in [0.29, 0.717) is 12.5 Å². The van der Waals surface area contributed by atoms with Gasteiger partial charge in [-0.25, -0.2) is 0 Å². The molecule has 0 unspecified atom stereocenters. The van der Waals surface area contributed by atoms with E-state index in [-0.39, 0.29) is 11.9 Å². The monoisotopic (exact) mass is 459 g/mol. The topological polar surface area (TPSA) is 29.5 Å². The fourth-order valence-corrected chi connectivity index (χ4v) is 5.62. The van der Waals surface area contributed by atoms with Gasteiger partial charge in [-0.15, -0.1) is 11.6 Å². The molecular weight excluding hydrogens is 430 g/mol. The molecule has 1 amide bonds. The van der Waals surface area contributed by atoms with E-state index in [9.17, 15) is 4.79 Å². The van der Waals surface area contributed by atoms with Crippen LogP contribution in [0.3, 0.4) is 0 Å². The number of halogens is 1. The molecule has 0 saturated heterocycles. The standard InChI is InChI=1S/C29H30ClNO2/c1-17-11-26-21(9-10-25-13-22-7-5-6-8-27(22)31(25)29(26)32)14-28(17)33-16-24-12-23(15-30)19(3)18(2)20(24)4/h5-8,11-12,14,25H,9-10,13,15-16H2,1-4H3/t25-/m1/s1. The number of anilines is 1. The number of hydrogen-bond donors (Lipinski definition) is 0. The Morgan fingerprint density at radius 2 is 1.73 bits per heavy atom. The van der Waals surface area contributed by atoms with Crippen LogP contribution in [0.1, 0.15) is 61.3 Å². The maximum atomic E-state index is 13.6. The van der Waals surface area contributed by atoms with E-state index in [1.54, 1.807) is 0 Å². The number of hydrogen-bond acceptors (Lipinski definition) is 2. The molecule has 0 saturated carbocycles. The van der Waals surface area contributed by atoms with Crippen LogP contribution in [0.15, 0.2) is 42.5 Å². The second kappa shape index (κ2) is 8.53. The number of nitrogens with zero attached hydrogens (tertiary/aromatic N) is 1. The second-order valence-corrected chi connectivity index (χ2v) is 9.73. The predicted octanol–water partition coefficient (Wildman–Crippen LogP) is 6.76. The molecule has 0 bridgehead atoms. The third-order valence-corrected chi connectivity index (χ3v) is 7.92. The molecule has 5 rings (SSSR count). The summed E-state index contributed by atoms with van der Waals surface area (Å²) in [7, 11) is 0. The van der Waals surface area contributed by atoms with Crippen molar-refractivity contribution in [3.63, 3.8) is 0 Å². The van der Waals surface area contributed by atoms with Gasteiger partial charge < -0.3 is 9.64 Å². The number of ether oxygens (including phenoxy) is 1. The van der Waals surface area contributed by atoms with Crippen molar-refractivity contribution in [3.8, 4) is 5.75 Å². The Morgan fingerprint density at radius 1 is 0.970 bits per heavy atom. The molecule has 3 aromatic carbocycles. The third kappa shape index (κ3) is 3.73. The fourth-order valence-electron chi connectivity index (χ4n) is 5.34. The zero-order valence-electron chi connectivity index (χ0n) is 19.8. The highest BCUT2D eigenvalue weighted by molar-refractivity contribution is 6.17. The number of aryl methyl sites for hydroxylation is 2. The number of amides is 1. The summed E-state index contributed by atoms with van der Waals surface area (Å²) < 4.78 is 6.32. The van der Waals surface area contributed by atoms with E-state index in [1.165, 1.54) is 22.3 Å². The van der Waals surface area contributed by atoms with E-state index in [0.717, 1.165) is 58.5 Å². The zero-order valence-corrected chi connectivity index (χ0v) is 20.6. The van der Waals surface area contributed by atoms with Crippen molar-refractivity contribution in [2.24, 2.45) is 0 Å². The molecule has 2 aliphatic rings. The lowest BCUT2D eigenvalue weighted by atomic mass is 9.95. The number of carbonyl (C=O) groups excluding carboxylic acids is 1. The van der Waals surface area contributed by atoms with Crippen LogP contribution in [0, 0.1) is 27.7 Å². The summed E-state index contributed by atoms with van der Waals surface area (Å²) in [6.07, 6.45) is 2.78. The van der Waals surface area contributed by atoms with Gasteiger partial charge in [-0.1, -0.05) is 24.3 Å². The highest BCUT2D eigenvalue weighted by Gasteiger charge is 2.37. The molecule has 1 atom stereocenters. The molecule has 2 aliphatic heterocycles. The second-order valence-electron chi connectivity index (χ2n) is 9.47. The first-order valence-electron chi connectivity index (χ1n) is 11.7. The number of alkyl halides is 1. The van der Waals surface area contributed by atoms with Gasteiger partial charge in [0, 0.05) is 23.2 Å². The Hall–Kier alpha value is -2.78. The molecule has 4 heteroatoms. The van der Waals surface area contributed by atoms with Crippen molar-refractivity contribution in [2.75, 3.05) is 4.90 Å². The van der Waals surface area contributed by atoms with Crippen molar-refractivity contribution >= 4 is 23.2 Å². The van der Waals surface area contributed by atoms with Crippen LogP contribution in [0.5, 0.6) is 5.75 Å². The summed E-state index contributed by atoms with van der Waals surface area (Å²) >= 11 is 6.17. The molecule has 0 aromatic heterocycles. The van der Waals surface area contributed by atoms with Crippen molar-refractivity contribution < 1.29 is 9.53 Å². The predicted molar refractivity (Wildman–Crippen MR) is 135 cm³/mol. The molecule has 0 spiro atoms. The molecule has 0 radical (unpaired) electrons. The van der Waals surface area contributed by atoms with Crippen molar-refractivity contribution in [2.45, 2.75) is 65.5 Å². The normalized spacial score (nSPS) is 16.8. The molecule has 170 valence electrons. The van der Waals surface area contributed by atoms with Crippen LogP contribution >= 0.6 is 11.6 Å². The largest absolute Gasteiger partial charge is 0.489 e. The van der Waals surface area contributed by atoms with Gasteiger partial charge in [-0.2, -0.15) is 0 Å². The van der Waals surface area contributed by atoms with Crippen LogP contribution in [-0.4, -0.2) is 11.9 Å². The van der Waals surface area contributed by atoms with Crippen molar-refractivity contribution in [1.82, 2.24) is 0 Å². The van der Waals surface area contributed by atoms with Gasteiger partial charge in [0.1, 0.15) is 12.4 Å². The van der Waals surface area contributed by atoms with E-state index in [2.05, 4.69) is 51.1 Å². The summed E-state index contributed by atoms with van der Waals surface area (Å²) in [5.74, 6) is 1.47. The number of benzene rings is 3. The van der Waals surface area contributed by atoms with Gasteiger partial charge in [0.25, 0.3) is 5.91 Å². The number of fused-ring (bicyclic) bond motifs is 4. The lowest BCUT2D eigenvalue weighted by Crippen LogP contribution is -2.36. The van der Waals surface area contributed by atoms with Crippen molar-refractivity contribution in [3.05, 3.63) is 92.5 Å². The van der Waals surface area contributed by atoms with Gasteiger partial charge in [-0.05, 0) is 110 Å². The summed E-state index contributed by atoms with van der Waals surface area (Å²) in [6, 6.07) is 14.8. The lowest BCUT2D eigenvalue weighted by molar-refractivity contribution is 0.0981. The van der Waals surface area contributed by atoms with Gasteiger partial charge in [0.15, 0.2) is 0 Å². The van der Waals surface area contributed by atoms with Crippen molar-refractivity contribution in [1.29, 1.82) is 0 Å². The van der Waals surface area contributed by atoms with Crippen LogP contribution in [0.4, 0.5) is 5.69 Å². The summed E-state index contributed by atoms with van der Waals surface area (Å²) in [4.78, 5) is 15.6. The van der Waals surface area contributed by atoms with Crippen LogP contribution in [0.2, 0.25) is 0 Å². The molecule has 3 nitrogen and oxygen atoms in total. The Labute approximate surface area is 201 Å². The Kier molecular flexibility index (Phi) is 5.70. The average molecular weight is 460 g/mol. The van der Waals surface area contributed by atoms with Gasteiger partial charge in [0.2, 0.25) is 0 Å². The molecule has 3 aromatic rings. The van der Waals surface area contributed by atoms with Crippen LogP contribution in [0.25, 0.3) is 0 Å². The van der Waals surface area contributed by atoms with Gasteiger partial charge in [0.05, 0.1) is 0 Å². The fraction of sp³-hybridized carbons (Fsp3) is 0.345. The number of rotatable bonds is 4. The molecule has 0 aliphatic carbocycles. The summed E-state index contributed by atoms with van der Waals surface area (Å²) in [5, 5.41) is 0. The Bertz CT molecular complexity index is 1260. The minimum Gasteiger partial charge on any atom is -0.489 e. The van der Waals surface area contributed by atoms with E-state index < -0.39 is 0 Å². The highest BCUT2D eigenvalue weighted by Crippen LogP contribution is 2.39. The molecule has 0 fully saturated rings. The Morgan fingerprint density at radius 3 is 2.52 bits per heavy atom. The molecule has 2 heterocycles. The minimum atomic E-state index is 0.115. The first kappa shape index (κ1) is 22.0. The zero-order chi connectivity index (χ0) is 23.3. The van der Waals surface area contributed by atoms with Gasteiger partial charge >= 0.3 is 0 Å². The molecular formula is C29H30ClNO2. The van der Waals surface area contributed by atoms with E-state index in [4.69, 9.17) is 16.3 Å². The maximum Gasteiger partial charge on any atom is 0.258 e. The molecule has 0 N–H and O–H groups in total. The smallest absolute Gasteiger partial charge is 0.258 e. The third-order valence-electron chi connectivity index (χ3n) is 7.63. The number of carbonyl (C=O) groups is 1. The van der Waals surface area contributed by atoms with Gasteiger partial charge in [-0.3, -0.25) is 4.79 Å². The first-order chi connectivity index (χ1) is 15.9. The van der Waals surface area contributed by atoms with E-state index in [1.807, 2.05) is 24.0 Å². The lowest BCUT2D eigenvalue weighted by Gasteiger charge is -2.23. The van der Waals surface area contributed by atoms with E-state index >= 15 is 0 Å². The number of para-hydroxylation sites is 1. The quantitative estimate of drug-likeness (QED) is 0.403.